The summed E-state index contributed by atoms with van der Waals surface area (Å²) in [5.41, 5.74) is -1.79. The quantitative estimate of drug-likeness (QED) is 0.298. The number of aliphatic hydroxyl groups excluding tert-OH is 3. The van der Waals surface area contributed by atoms with Crippen molar-refractivity contribution in [1.82, 2.24) is 9.97 Å². The van der Waals surface area contributed by atoms with E-state index in [1.807, 2.05) is 4.98 Å². The molecule has 0 saturated heterocycles. The van der Waals surface area contributed by atoms with Crippen molar-refractivity contribution in [2.75, 3.05) is 18.5 Å². The first kappa shape index (κ1) is 17.8. The van der Waals surface area contributed by atoms with Crippen molar-refractivity contribution in [3.63, 3.8) is 0 Å². The number of nitrogens with one attached hydrogen (secondary N) is 3. The topological polar surface area (TPSA) is 168 Å². The van der Waals surface area contributed by atoms with Crippen molar-refractivity contribution in [2.24, 2.45) is 4.99 Å². The van der Waals surface area contributed by atoms with E-state index in [4.69, 9.17) is 5.11 Å². The minimum Gasteiger partial charge on any atom is -0.394 e. The minimum atomic E-state index is -1.08. The first-order chi connectivity index (χ1) is 10.3. The van der Waals surface area contributed by atoms with E-state index >= 15 is 0 Å². The van der Waals surface area contributed by atoms with Crippen LogP contribution in [-0.4, -0.2) is 62.6 Å². The van der Waals surface area contributed by atoms with Crippen LogP contribution in [0.2, 0.25) is 0 Å². The molecule has 6 N–H and O–H groups in total. The van der Waals surface area contributed by atoms with Crippen LogP contribution >= 0.6 is 0 Å². The monoisotopic (exact) mass is 314 g/mol. The summed E-state index contributed by atoms with van der Waals surface area (Å²) >= 11 is 0. The van der Waals surface area contributed by atoms with Gasteiger partial charge in [0.15, 0.2) is 11.5 Å². The van der Waals surface area contributed by atoms with E-state index in [2.05, 4.69) is 15.3 Å². The molecule has 1 aromatic heterocycles. The van der Waals surface area contributed by atoms with Gasteiger partial charge in [0.1, 0.15) is 5.82 Å². The number of ketones is 1. The molecule has 0 aliphatic carbocycles. The smallest absolute Gasteiger partial charge is 0.327 e. The average Bonchev–Trinajstić information content (AvgIpc) is 2.43. The van der Waals surface area contributed by atoms with E-state index in [1.165, 1.54) is 6.92 Å². The van der Waals surface area contributed by atoms with Crippen LogP contribution in [0.1, 0.15) is 13.3 Å². The molecular formula is C12H18N4O6. The Morgan fingerprint density at radius 1 is 1.32 bits per heavy atom. The maximum Gasteiger partial charge on any atom is 0.327 e. The fourth-order valence-corrected chi connectivity index (χ4v) is 1.58. The van der Waals surface area contributed by atoms with Gasteiger partial charge in [0.05, 0.1) is 25.0 Å². The lowest BCUT2D eigenvalue weighted by molar-refractivity contribution is -0.110. The zero-order valence-corrected chi connectivity index (χ0v) is 11.9. The number of hydrogen-bond donors (Lipinski definition) is 6. The Kier molecular flexibility index (Phi) is 6.63. The first-order valence-electron chi connectivity index (χ1n) is 6.45. The van der Waals surface area contributed by atoms with Gasteiger partial charge < -0.3 is 20.6 Å². The van der Waals surface area contributed by atoms with Gasteiger partial charge in [-0.25, -0.2) is 9.79 Å². The molecular weight excluding hydrogens is 296 g/mol. The van der Waals surface area contributed by atoms with Gasteiger partial charge in [0, 0.05) is 19.9 Å². The lowest BCUT2D eigenvalue weighted by Crippen LogP contribution is -2.29. The van der Waals surface area contributed by atoms with Crippen LogP contribution in [0, 0.1) is 0 Å². The van der Waals surface area contributed by atoms with E-state index in [0.29, 0.717) is 0 Å². The molecule has 0 aromatic carbocycles. The van der Waals surface area contributed by atoms with Gasteiger partial charge in [-0.05, 0) is 0 Å². The highest BCUT2D eigenvalue weighted by Gasteiger charge is 2.13. The molecule has 0 spiro atoms. The maximum absolute atomic E-state index is 11.7. The number of aliphatic imine (C=N–C) groups is 1. The zero-order chi connectivity index (χ0) is 16.7. The summed E-state index contributed by atoms with van der Waals surface area (Å²) in [6.07, 6.45) is -1.29. The third kappa shape index (κ3) is 5.60. The van der Waals surface area contributed by atoms with Crippen molar-refractivity contribution >= 4 is 23.5 Å². The number of anilines is 1. The fourth-order valence-electron chi connectivity index (χ4n) is 1.58. The van der Waals surface area contributed by atoms with E-state index < -0.39 is 30.1 Å². The van der Waals surface area contributed by atoms with Crippen molar-refractivity contribution in [2.45, 2.75) is 25.6 Å². The Balaban J connectivity index is 2.91. The second-order valence-electron chi connectivity index (χ2n) is 4.61. The molecule has 0 saturated carbocycles. The first-order valence-corrected chi connectivity index (χ1v) is 6.45. The number of aliphatic hydroxyl groups is 3. The van der Waals surface area contributed by atoms with Gasteiger partial charge in [0.25, 0.3) is 5.56 Å². The molecule has 0 fully saturated rings. The van der Waals surface area contributed by atoms with Gasteiger partial charge in [0.2, 0.25) is 0 Å². The number of carbonyl (C=O) groups excluding carboxylic acids is 1. The second kappa shape index (κ2) is 8.22. The second-order valence-corrected chi connectivity index (χ2v) is 4.61. The normalized spacial score (nSPS) is 14.0. The zero-order valence-electron chi connectivity index (χ0n) is 11.9. The van der Waals surface area contributed by atoms with Crippen LogP contribution in [0.3, 0.4) is 0 Å². The summed E-state index contributed by atoms with van der Waals surface area (Å²) < 4.78 is 0. The van der Waals surface area contributed by atoms with E-state index in [-0.39, 0.29) is 30.3 Å². The Labute approximate surface area is 124 Å². The highest BCUT2D eigenvalue weighted by molar-refractivity contribution is 6.26. The van der Waals surface area contributed by atoms with Crippen LogP contribution in [0.15, 0.2) is 14.6 Å². The lowest BCUT2D eigenvalue weighted by atomic mass is 10.1. The molecule has 1 aromatic rings. The summed E-state index contributed by atoms with van der Waals surface area (Å²) in [4.78, 5) is 41.7. The minimum absolute atomic E-state index is 0.0659. The van der Waals surface area contributed by atoms with E-state index in [9.17, 15) is 24.6 Å². The van der Waals surface area contributed by atoms with Crippen LogP contribution in [0.25, 0.3) is 0 Å². The van der Waals surface area contributed by atoms with Gasteiger partial charge in [-0.2, -0.15) is 0 Å². The third-order valence-electron chi connectivity index (χ3n) is 2.56. The van der Waals surface area contributed by atoms with Crippen LogP contribution < -0.4 is 16.6 Å². The Morgan fingerprint density at radius 2 is 2.00 bits per heavy atom. The number of aromatic amines is 2. The van der Waals surface area contributed by atoms with Crippen LogP contribution in [0.5, 0.6) is 0 Å². The number of nitrogens with zero attached hydrogens (tertiary/aromatic N) is 1. The van der Waals surface area contributed by atoms with Gasteiger partial charge in [-0.15, -0.1) is 0 Å². The molecule has 0 radical (unpaired) electrons. The Morgan fingerprint density at radius 3 is 2.59 bits per heavy atom. The van der Waals surface area contributed by atoms with Crippen molar-refractivity contribution in [3.8, 4) is 0 Å². The lowest BCUT2D eigenvalue weighted by Gasteiger charge is -2.15. The number of hydrogen-bond acceptors (Lipinski definition) is 8. The Hall–Kier alpha value is -2.30. The van der Waals surface area contributed by atoms with Crippen molar-refractivity contribution in [1.29, 1.82) is 0 Å². The van der Waals surface area contributed by atoms with Crippen LogP contribution in [-0.2, 0) is 4.79 Å². The number of rotatable bonds is 8. The van der Waals surface area contributed by atoms with Crippen molar-refractivity contribution < 1.29 is 20.1 Å². The molecule has 1 rings (SSSR count). The fraction of sp³-hybridized carbons (Fsp3) is 0.500. The molecule has 2 atom stereocenters. The summed E-state index contributed by atoms with van der Waals surface area (Å²) in [6, 6.07) is 0. The number of aromatic nitrogens is 2. The SMILES string of the molecule is CC(=O)C=Nc1c(NCC(O)CC(O)CO)[nH]c(=O)[nH]c1=O. The van der Waals surface area contributed by atoms with Gasteiger partial charge in [-0.3, -0.25) is 19.6 Å². The van der Waals surface area contributed by atoms with Gasteiger partial charge >= 0.3 is 5.69 Å². The number of carbonyl (C=O) groups is 1. The van der Waals surface area contributed by atoms with Gasteiger partial charge in [-0.1, -0.05) is 0 Å². The van der Waals surface area contributed by atoms with Crippen LogP contribution in [0.4, 0.5) is 11.5 Å². The third-order valence-corrected chi connectivity index (χ3v) is 2.56. The largest absolute Gasteiger partial charge is 0.394 e. The molecule has 10 heteroatoms. The molecule has 1 heterocycles. The number of H-pyrrole nitrogens is 2. The molecule has 2 unspecified atom stereocenters. The molecule has 10 nitrogen and oxygen atoms in total. The maximum atomic E-state index is 11.7. The predicted octanol–water partition coefficient (Wildman–Crippen LogP) is -2.13. The molecule has 0 bridgehead atoms. The Bertz CT molecular complexity index is 650. The summed E-state index contributed by atoms with van der Waals surface area (Å²) in [6.45, 7) is 0.641. The average molecular weight is 314 g/mol. The molecule has 0 amide bonds. The summed E-state index contributed by atoms with van der Waals surface area (Å²) in [5, 5.41) is 30.1. The highest BCUT2D eigenvalue weighted by Crippen LogP contribution is 2.14. The molecule has 122 valence electrons. The van der Waals surface area contributed by atoms with Crippen molar-refractivity contribution in [3.05, 3.63) is 20.8 Å². The summed E-state index contributed by atoms with van der Waals surface area (Å²) in [5.74, 6) is -0.452. The molecule has 0 aliphatic rings. The highest BCUT2D eigenvalue weighted by atomic mass is 16.3. The standard InChI is InChI=1S/C12H18N4O6/c1-6(18)3-13-9-10(15-12(22)16-11(9)21)14-4-7(19)2-8(20)5-17/h3,7-8,17,19-20H,2,4-5H2,1H3,(H3,14,15,16,21,22). The predicted molar refractivity (Wildman–Crippen MR) is 78.7 cm³/mol. The van der Waals surface area contributed by atoms with E-state index in [0.717, 1.165) is 6.21 Å². The summed E-state index contributed by atoms with van der Waals surface area (Å²) in [7, 11) is 0. The van der Waals surface area contributed by atoms with E-state index in [1.54, 1.807) is 0 Å². The molecule has 22 heavy (non-hydrogen) atoms. The number of Topliss-reactive ketones (excluding diaryl/α,β-unsaturated/α-hetero) is 1. The molecule has 0 aliphatic heterocycles.